The first-order chi connectivity index (χ1) is 16.4. The molecule has 1 amide bonds. The molecule has 6 nitrogen and oxygen atoms in total. The average Bonchev–Trinajstić information content (AvgIpc) is 2.83. The van der Waals surface area contributed by atoms with Crippen LogP contribution < -0.4 is 9.73 Å². The Morgan fingerprint density at radius 1 is 0.941 bits per heavy atom. The lowest BCUT2D eigenvalue weighted by atomic mass is 10.1. The van der Waals surface area contributed by atoms with E-state index in [1.807, 2.05) is 49.4 Å². The highest BCUT2D eigenvalue weighted by Gasteiger charge is 2.28. The maximum absolute atomic E-state index is 13.4. The van der Waals surface area contributed by atoms with Crippen LogP contribution >= 0.6 is 11.6 Å². The lowest BCUT2D eigenvalue weighted by Gasteiger charge is -2.24. The minimum atomic E-state index is -4.06. The summed E-state index contributed by atoms with van der Waals surface area (Å²) in [7, 11) is -4.06. The Labute approximate surface area is 203 Å². The number of carbonyl (C=O) groups is 1. The van der Waals surface area contributed by atoms with Gasteiger partial charge in [0.1, 0.15) is 6.54 Å². The number of aryl methyl sites for hydroxylation is 1. The van der Waals surface area contributed by atoms with Gasteiger partial charge in [-0.05, 0) is 42.0 Å². The van der Waals surface area contributed by atoms with E-state index in [1.54, 1.807) is 36.4 Å². The van der Waals surface area contributed by atoms with Crippen LogP contribution in [0.3, 0.4) is 0 Å². The molecule has 0 aliphatic rings. The Morgan fingerprint density at radius 2 is 1.62 bits per heavy atom. The number of carbonyl (C=O) groups excluding carboxylic acids is 1. The number of fused-ring (bicyclic) bond motifs is 1. The van der Waals surface area contributed by atoms with Gasteiger partial charge in [0.2, 0.25) is 0 Å². The number of rotatable bonds is 7. The van der Waals surface area contributed by atoms with Crippen LogP contribution in [0.1, 0.15) is 11.1 Å². The summed E-state index contributed by atoms with van der Waals surface area (Å²) < 4.78 is 27.8. The van der Waals surface area contributed by atoms with E-state index >= 15 is 0 Å². The zero-order valence-corrected chi connectivity index (χ0v) is 19.9. The van der Waals surface area contributed by atoms with Crippen molar-refractivity contribution in [2.24, 2.45) is 5.10 Å². The molecule has 0 fully saturated rings. The molecular weight excluding hydrogens is 470 g/mol. The molecule has 0 heterocycles. The van der Waals surface area contributed by atoms with Crippen LogP contribution in [-0.2, 0) is 14.8 Å². The van der Waals surface area contributed by atoms with Crippen LogP contribution in [0.25, 0.3) is 10.8 Å². The second-order valence-electron chi connectivity index (χ2n) is 7.64. The number of nitrogens with one attached hydrogen (secondary N) is 1. The van der Waals surface area contributed by atoms with Crippen LogP contribution in [0.15, 0.2) is 101 Å². The first-order valence-corrected chi connectivity index (χ1v) is 12.3. The van der Waals surface area contributed by atoms with Gasteiger partial charge in [0.25, 0.3) is 15.9 Å². The molecule has 0 spiro atoms. The fourth-order valence-electron chi connectivity index (χ4n) is 3.49. The van der Waals surface area contributed by atoms with Crippen LogP contribution in [0.2, 0.25) is 5.02 Å². The lowest BCUT2D eigenvalue weighted by Crippen LogP contribution is -2.39. The number of hydrogen-bond donors (Lipinski definition) is 1. The Bertz CT molecular complexity index is 1460. The van der Waals surface area contributed by atoms with Gasteiger partial charge in [0.05, 0.1) is 21.8 Å². The van der Waals surface area contributed by atoms with E-state index in [2.05, 4.69) is 10.5 Å². The molecule has 0 aromatic heterocycles. The Balaban J connectivity index is 1.59. The molecule has 8 heteroatoms. The predicted octanol–water partition coefficient (Wildman–Crippen LogP) is 5.15. The van der Waals surface area contributed by atoms with E-state index in [4.69, 9.17) is 11.6 Å². The highest BCUT2D eigenvalue weighted by molar-refractivity contribution is 7.92. The number of hydrogen-bond acceptors (Lipinski definition) is 4. The molecule has 0 saturated carbocycles. The fraction of sp³-hybridized carbons (Fsp3) is 0.0769. The summed E-state index contributed by atoms with van der Waals surface area (Å²) in [5, 5.41) is 6.30. The SMILES string of the molecule is Cc1ccc(S(=O)(=O)N(CC(=O)N/N=C\c2cccc3ccccc23)c2ccccc2Cl)cc1. The number of hydrazone groups is 1. The zero-order chi connectivity index (χ0) is 24.1. The van der Waals surface area contributed by atoms with Gasteiger partial charge in [-0.25, -0.2) is 13.8 Å². The van der Waals surface area contributed by atoms with Crippen molar-refractivity contribution in [1.82, 2.24) is 5.43 Å². The highest BCUT2D eigenvalue weighted by Crippen LogP contribution is 2.30. The number of halogens is 1. The van der Waals surface area contributed by atoms with Gasteiger partial charge < -0.3 is 0 Å². The van der Waals surface area contributed by atoms with Gasteiger partial charge in [0.15, 0.2) is 0 Å². The molecule has 0 radical (unpaired) electrons. The van der Waals surface area contributed by atoms with Crippen molar-refractivity contribution in [2.45, 2.75) is 11.8 Å². The molecule has 172 valence electrons. The summed E-state index contributed by atoms with van der Waals surface area (Å²) in [6.07, 6.45) is 1.54. The number of amides is 1. The van der Waals surface area contributed by atoms with Crippen LogP contribution in [0, 0.1) is 6.92 Å². The number of nitrogens with zero attached hydrogens (tertiary/aromatic N) is 2. The monoisotopic (exact) mass is 491 g/mol. The van der Waals surface area contributed by atoms with Gasteiger partial charge in [-0.15, -0.1) is 0 Å². The van der Waals surface area contributed by atoms with Crippen LogP contribution in [0.4, 0.5) is 5.69 Å². The van der Waals surface area contributed by atoms with Crippen LogP contribution in [0.5, 0.6) is 0 Å². The van der Waals surface area contributed by atoms with E-state index in [1.165, 1.54) is 18.3 Å². The standard InChI is InChI=1S/C26H22ClN3O3S/c1-19-13-15-22(16-14-19)34(32,33)30(25-12-5-4-11-24(25)27)18-26(31)29-28-17-21-9-6-8-20-7-2-3-10-23(20)21/h2-17H,18H2,1H3,(H,29,31)/b28-17-. The van der Waals surface area contributed by atoms with E-state index in [-0.39, 0.29) is 15.6 Å². The average molecular weight is 492 g/mol. The number of benzene rings is 4. The number of sulfonamides is 1. The van der Waals surface area contributed by atoms with E-state index in [9.17, 15) is 13.2 Å². The summed E-state index contributed by atoms with van der Waals surface area (Å²) in [6, 6.07) is 26.5. The van der Waals surface area contributed by atoms with Crippen molar-refractivity contribution < 1.29 is 13.2 Å². The summed E-state index contributed by atoms with van der Waals surface area (Å²) in [4.78, 5) is 12.8. The maximum Gasteiger partial charge on any atom is 0.264 e. The van der Waals surface area contributed by atoms with Crippen molar-refractivity contribution in [3.8, 4) is 0 Å². The Kier molecular flexibility index (Phi) is 6.95. The summed E-state index contributed by atoms with van der Waals surface area (Å²) in [5.74, 6) is -0.605. The van der Waals surface area contributed by atoms with Crippen molar-refractivity contribution in [3.05, 3.63) is 107 Å². The Morgan fingerprint density at radius 3 is 2.38 bits per heavy atom. The van der Waals surface area contributed by atoms with E-state index < -0.39 is 22.5 Å². The van der Waals surface area contributed by atoms with Crippen molar-refractivity contribution in [2.75, 3.05) is 10.8 Å². The normalized spacial score (nSPS) is 11.6. The van der Waals surface area contributed by atoms with E-state index in [0.29, 0.717) is 0 Å². The smallest absolute Gasteiger partial charge is 0.264 e. The molecular formula is C26H22ClN3O3S. The second-order valence-corrected chi connectivity index (χ2v) is 9.91. The third-order valence-corrected chi connectivity index (χ3v) is 7.33. The maximum atomic E-state index is 13.4. The van der Waals surface area contributed by atoms with Gasteiger partial charge in [-0.3, -0.25) is 9.10 Å². The fourth-order valence-corrected chi connectivity index (χ4v) is 5.22. The first kappa shape index (κ1) is 23.5. The molecule has 4 aromatic rings. The number of anilines is 1. The second kappa shape index (κ2) is 10.1. The zero-order valence-electron chi connectivity index (χ0n) is 18.4. The predicted molar refractivity (Wildman–Crippen MR) is 137 cm³/mol. The van der Waals surface area contributed by atoms with Gasteiger partial charge in [-0.1, -0.05) is 83.9 Å². The molecule has 4 aromatic carbocycles. The molecule has 0 aliphatic carbocycles. The van der Waals surface area contributed by atoms with E-state index in [0.717, 1.165) is 26.2 Å². The summed E-state index contributed by atoms with van der Waals surface area (Å²) in [5.41, 5.74) is 4.38. The molecule has 0 saturated heterocycles. The van der Waals surface area contributed by atoms with Crippen molar-refractivity contribution in [1.29, 1.82) is 0 Å². The molecule has 0 bridgehead atoms. The number of para-hydroxylation sites is 1. The van der Waals surface area contributed by atoms with Gasteiger partial charge >= 0.3 is 0 Å². The third-order valence-electron chi connectivity index (χ3n) is 5.23. The molecule has 34 heavy (non-hydrogen) atoms. The van der Waals surface area contributed by atoms with Crippen molar-refractivity contribution >= 4 is 50.2 Å². The molecule has 0 unspecified atom stereocenters. The Hall–Kier alpha value is -3.68. The van der Waals surface area contributed by atoms with Gasteiger partial charge in [-0.2, -0.15) is 5.10 Å². The summed E-state index contributed by atoms with van der Waals surface area (Å²) in [6.45, 7) is 1.37. The van der Waals surface area contributed by atoms with Gasteiger partial charge in [0, 0.05) is 5.56 Å². The first-order valence-electron chi connectivity index (χ1n) is 10.5. The quantitative estimate of drug-likeness (QED) is 0.287. The lowest BCUT2D eigenvalue weighted by molar-refractivity contribution is -0.119. The molecule has 0 atom stereocenters. The van der Waals surface area contributed by atoms with Crippen LogP contribution in [-0.4, -0.2) is 27.1 Å². The third kappa shape index (κ3) is 5.11. The highest BCUT2D eigenvalue weighted by atomic mass is 35.5. The topological polar surface area (TPSA) is 78.8 Å². The molecule has 4 rings (SSSR count). The molecule has 0 aliphatic heterocycles. The van der Waals surface area contributed by atoms with Crippen molar-refractivity contribution in [3.63, 3.8) is 0 Å². The minimum Gasteiger partial charge on any atom is -0.271 e. The summed E-state index contributed by atoms with van der Waals surface area (Å²) >= 11 is 6.29. The largest absolute Gasteiger partial charge is 0.271 e. The minimum absolute atomic E-state index is 0.0603. The molecule has 1 N–H and O–H groups in total.